The van der Waals surface area contributed by atoms with Gasteiger partial charge in [0.15, 0.2) is 0 Å². The van der Waals surface area contributed by atoms with Crippen LogP contribution in [0.4, 0.5) is 5.69 Å². The predicted octanol–water partition coefficient (Wildman–Crippen LogP) is 8.26. The molecule has 5 nitrogen and oxygen atoms in total. The maximum absolute atomic E-state index is 3.98. The van der Waals surface area contributed by atoms with E-state index < -0.39 is 5.41 Å². The van der Waals surface area contributed by atoms with Crippen LogP contribution in [0.25, 0.3) is 44.2 Å². The zero-order valence-electron chi connectivity index (χ0n) is 27.9. The van der Waals surface area contributed by atoms with Crippen LogP contribution in [-0.4, -0.2) is 21.1 Å². The number of nitrogens with zero attached hydrogens (tertiary/aromatic N) is 5. The molecule has 1 unspecified atom stereocenters. The summed E-state index contributed by atoms with van der Waals surface area (Å²) in [5, 5.41) is 2.52. The van der Waals surface area contributed by atoms with E-state index in [1.165, 1.54) is 32.9 Å². The van der Waals surface area contributed by atoms with Crippen LogP contribution in [0.15, 0.2) is 103 Å². The van der Waals surface area contributed by atoms with Crippen molar-refractivity contribution in [1.82, 2.24) is 14.0 Å². The molecule has 2 aromatic heterocycles. The van der Waals surface area contributed by atoms with Crippen molar-refractivity contribution in [2.75, 3.05) is 11.9 Å². The summed E-state index contributed by atoms with van der Waals surface area (Å²) in [6.07, 6.45) is 7.74. The average molecular weight is 806 g/mol. The van der Waals surface area contributed by atoms with E-state index in [1.54, 1.807) is 0 Å². The number of rotatable bonds is 3. The molecule has 2 aliphatic heterocycles. The molecule has 0 aliphatic carbocycles. The third-order valence-electron chi connectivity index (χ3n) is 10.2. The average Bonchev–Trinajstić information content (AvgIpc) is 3.77. The van der Waals surface area contributed by atoms with Crippen LogP contribution in [0.3, 0.4) is 0 Å². The fourth-order valence-electron chi connectivity index (χ4n) is 7.63. The molecule has 7 aromatic rings. The molecule has 5 aromatic carbocycles. The maximum atomic E-state index is 3.98. The van der Waals surface area contributed by atoms with Gasteiger partial charge >= 0.3 is 21.1 Å². The summed E-state index contributed by atoms with van der Waals surface area (Å²) in [6, 6.07) is 41.1. The largest absolute Gasteiger partial charge is 4.00 e. The molecule has 0 radical (unpaired) electrons. The standard InChI is InChI=1S/C42H36N5.Pt/c1-41(2,3)28-22-29(24-31(23-28)46-27-44(6)38-16-9-10-17-39(38)46)42(4)34-14-11-13-33-32-12-7-8-15-36(32)47(40(33)34)37-19-18-30(25-35(37)42)45-21-20-43(5)26-45;/h7-23,26H,1-6H3;/q-3;+4. The van der Waals surface area contributed by atoms with E-state index in [0.29, 0.717) is 0 Å². The molecule has 4 heterocycles. The van der Waals surface area contributed by atoms with Crippen molar-refractivity contribution >= 4 is 38.5 Å². The van der Waals surface area contributed by atoms with E-state index in [0.717, 1.165) is 39.2 Å². The monoisotopic (exact) mass is 805 g/mol. The Balaban J connectivity index is 0.00000336. The topological polar surface area (TPSA) is 20.2 Å². The first-order chi connectivity index (χ1) is 22.6. The second kappa shape index (κ2) is 10.7. The number of hydrogen-bond acceptors (Lipinski definition) is 2. The first-order valence-electron chi connectivity index (χ1n) is 16.2. The summed E-state index contributed by atoms with van der Waals surface area (Å²) in [6.45, 7) is 11.3. The van der Waals surface area contributed by atoms with Gasteiger partial charge in [0.1, 0.15) is 0 Å². The summed E-state index contributed by atoms with van der Waals surface area (Å²) in [4.78, 5) is 4.21. The van der Waals surface area contributed by atoms with Gasteiger partial charge in [-0.3, -0.25) is 0 Å². The molecule has 0 saturated carbocycles. The Labute approximate surface area is 296 Å². The van der Waals surface area contributed by atoms with E-state index in [1.807, 2.05) is 0 Å². The Kier molecular flexibility index (Phi) is 6.85. The Hall–Kier alpha value is -4.60. The third-order valence-corrected chi connectivity index (χ3v) is 10.2. The second-order valence-corrected chi connectivity index (χ2v) is 14.2. The minimum absolute atomic E-state index is 0. The zero-order chi connectivity index (χ0) is 32.2. The van der Waals surface area contributed by atoms with Gasteiger partial charge in [-0.15, -0.1) is 23.4 Å². The second-order valence-electron chi connectivity index (χ2n) is 14.2. The summed E-state index contributed by atoms with van der Waals surface area (Å²) in [5.74, 6) is 0. The molecule has 0 N–H and O–H groups in total. The molecule has 0 spiro atoms. The van der Waals surface area contributed by atoms with Crippen molar-refractivity contribution in [3.63, 3.8) is 0 Å². The van der Waals surface area contributed by atoms with Crippen LogP contribution in [-0.2, 0) is 38.9 Å². The molecule has 0 bridgehead atoms. The van der Waals surface area contributed by atoms with E-state index >= 15 is 0 Å². The van der Waals surface area contributed by atoms with E-state index in [2.05, 4.69) is 194 Å². The molecule has 9 rings (SSSR count). The van der Waals surface area contributed by atoms with Gasteiger partial charge in [0, 0.05) is 27.2 Å². The number of fused-ring (bicyclic) bond motifs is 6. The molecule has 6 heteroatoms. The molecule has 48 heavy (non-hydrogen) atoms. The van der Waals surface area contributed by atoms with Gasteiger partial charge in [-0.05, 0) is 36.5 Å². The number of aryl methyl sites for hydroxylation is 1. The molecular weight excluding hydrogens is 770 g/mol. The molecular formula is C42H36N5Pt+. The van der Waals surface area contributed by atoms with Gasteiger partial charge in [-0.25, -0.2) is 0 Å². The van der Waals surface area contributed by atoms with Crippen molar-refractivity contribution in [3.8, 4) is 11.4 Å². The Morgan fingerprint density at radius 2 is 1.54 bits per heavy atom. The molecule has 0 saturated heterocycles. The number of anilines is 1. The van der Waals surface area contributed by atoms with Crippen LogP contribution in [0.2, 0.25) is 0 Å². The van der Waals surface area contributed by atoms with Crippen LogP contribution in [0, 0.1) is 25.1 Å². The van der Waals surface area contributed by atoms with Gasteiger partial charge in [0.25, 0.3) is 0 Å². The van der Waals surface area contributed by atoms with Gasteiger partial charge in [0.2, 0.25) is 6.33 Å². The summed E-state index contributed by atoms with van der Waals surface area (Å²) >= 11 is 0. The van der Waals surface area contributed by atoms with Crippen molar-refractivity contribution in [1.29, 1.82) is 0 Å². The van der Waals surface area contributed by atoms with Crippen molar-refractivity contribution in [3.05, 3.63) is 151 Å². The van der Waals surface area contributed by atoms with Crippen LogP contribution >= 0.6 is 0 Å². The molecule has 2 aliphatic rings. The molecule has 0 fully saturated rings. The van der Waals surface area contributed by atoms with Gasteiger partial charge in [-0.1, -0.05) is 99.7 Å². The normalized spacial score (nSPS) is 17.0. The Morgan fingerprint density at radius 1 is 0.792 bits per heavy atom. The fraction of sp³-hybridized carbons (Fsp3) is 0.190. The third kappa shape index (κ3) is 4.30. The van der Waals surface area contributed by atoms with Crippen LogP contribution in [0.5, 0.6) is 0 Å². The SMILES string of the molecule is CN1C=CN(c2[c-]c3c(cc2)-n2c4ccccc4c4cccc(c42)C3(C)c2[c-]c(-n3[c-][n+](C)c4ccccc43)cc(C(C)(C)C)c2)[CH-]1.[Pt+4]. The predicted molar refractivity (Wildman–Crippen MR) is 190 cm³/mol. The number of aromatic nitrogens is 3. The maximum Gasteiger partial charge on any atom is 4.00 e. The minimum Gasteiger partial charge on any atom is -0.510 e. The minimum atomic E-state index is -0.564. The number of imidazole rings is 1. The van der Waals surface area contributed by atoms with E-state index in [9.17, 15) is 0 Å². The van der Waals surface area contributed by atoms with Gasteiger partial charge in [-0.2, -0.15) is 42.1 Å². The van der Waals surface area contributed by atoms with Crippen LogP contribution < -0.4 is 9.47 Å². The van der Waals surface area contributed by atoms with Gasteiger partial charge < -0.3 is 23.5 Å². The quantitative estimate of drug-likeness (QED) is 0.133. The number of benzene rings is 5. The smallest absolute Gasteiger partial charge is 0.510 e. The zero-order valence-corrected chi connectivity index (χ0v) is 30.2. The fourth-order valence-corrected chi connectivity index (χ4v) is 7.63. The molecule has 0 amide bonds. The summed E-state index contributed by atoms with van der Waals surface area (Å²) < 4.78 is 6.69. The summed E-state index contributed by atoms with van der Waals surface area (Å²) in [5.41, 5.74) is 11.9. The van der Waals surface area contributed by atoms with Crippen LogP contribution in [0.1, 0.15) is 49.9 Å². The number of para-hydroxylation sites is 4. The van der Waals surface area contributed by atoms with E-state index in [4.69, 9.17) is 0 Å². The van der Waals surface area contributed by atoms with Gasteiger partial charge in [0.05, 0.1) is 18.1 Å². The molecule has 1 atom stereocenters. The molecule has 238 valence electrons. The first-order valence-corrected chi connectivity index (χ1v) is 16.2. The first kappa shape index (κ1) is 30.7. The Morgan fingerprint density at radius 3 is 2.31 bits per heavy atom. The van der Waals surface area contributed by atoms with Crippen molar-refractivity contribution in [2.45, 2.75) is 38.5 Å². The van der Waals surface area contributed by atoms with Crippen molar-refractivity contribution < 1.29 is 25.6 Å². The van der Waals surface area contributed by atoms with Crippen molar-refractivity contribution in [2.24, 2.45) is 7.05 Å². The number of hydrogen-bond donors (Lipinski definition) is 0. The summed E-state index contributed by atoms with van der Waals surface area (Å²) in [7, 11) is 4.11. The van der Waals surface area contributed by atoms with E-state index in [-0.39, 0.29) is 26.5 Å². The Bertz CT molecular complexity index is 2440.